The van der Waals surface area contributed by atoms with Gasteiger partial charge in [0.2, 0.25) is 5.91 Å². The molecular weight excluding hydrogens is 358 g/mol. The molecule has 3 N–H and O–H groups in total. The van der Waals surface area contributed by atoms with Crippen LogP contribution in [0.5, 0.6) is 0 Å². The Morgan fingerprint density at radius 1 is 1.08 bits per heavy atom. The van der Waals surface area contributed by atoms with Crippen molar-refractivity contribution in [2.24, 2.45) is 0 Å². The number of nitro groups is 1. The number of nitro benzene ring substituents is 1. The second kappa shape index (κ2) is 9.42. The third kappa shape index (κ3) is 6.44. The summed E-state index contributed by atoms with van der Waals surface area (Å²) in [6.07, 6.45) is -0.540. The number of anilines is 1. The number of carbonyl (C=O) groups excluding carboxylic acids is 1. The largest absolute Gasteiger partial charge is 0.465 e. The van der Waals surface area contributed by atoms with E-state index >= 15 is 0 Å². The fraction of sp³-hybridized carbons (Fsp3) is 0.176. The van der Waals surface area contributed by atoms with Crippen LogP contribution in [-0.4, -0.2) is 34.3 Å². The molecule has 9 heteroatoms. The van der Waals surface area contributed by atoms with Gasteiger partial charge in [-0.05, 0) is 36.2 Å². The summed E-state index contributed by atoms with van der Waals surface area (Å²) in [7, 11) is 0. The number of thioether (sulfide) groups is 1. The molecule has 136 valence electrons. The number of nitrogens with zero attached hydrogens (tertiary/aromatic N) is 1. The van der Waals surface area contributed by atoms with Crippen molar-refractivity contribution in [3.05, 3.63) is 64.2 Å². The number of nitrogens with one attached hydrogen (secondary N) is 2. The Morgan fingerprint density at radius 2 is 1.73 bits per heavy atom. The van der Waals surface area contributed by atoms with E-state index < -0.39 is 11.0 Å². The van der Waals surface area contributed by atoms with Crippen LogP contribution in [0.1, 0.15) is 5.56 Å². The van der Waals surface area contributed by atoms with Crippen LogP contribution in [-0.2, 0) is 11.2 Å². The van der Waals surface area contributed by atoms with Gasteiger partial charge in [0, 0.05) is 29.3 Å². The van der Waals surface area contributed by atoms with Gasteiger partial charge in [-0.25, -0.2) is 4.79 Å². The van der Waals surface area contributed by atoms with E-state index in [0.29, 0.717) is 18.7 Å². The summed E-state index contributed by atoms with van der Waals surface area (Å²) in [6, 6.07) is 13.0. The maximum Gasteiger partial charge on any atom is 0.409 e. The molecule has 0 aromatic heterocycles. The molecule has 2 aromatic rings. The fourth-order valence-electron chi connectivity index (χ4n) is 2.09. The molecule has 8 nitrogen and oxygen atoms in total. The maximum absolute atomic E-state index is 11.9. The number of hydrogen-bond acceptors (Lipinski definition) is 5. The number of benzene rings is 2. The van der Waals surface area contributed by atoms with E-state index in [4.69, 9.17) is 5.11 Å². The molecule has 26 heavy (non-hydrogen) atoms. The van der Waals surface area contributed by atoms with Crippen LogP contribution in [0.25, 0.3) is 0 Å². The Labute approximate surface area is 153 Å². The van der Waals surface area contributed by atoms with Crippen molar-refractivity contribution in [3.8, 4) is 0 Å². The summed E-state index contributed by atoms with van der Waals surface area (Å²) < 4.78 is 0. The molecule has 0 aliphatic carbocycles. The first-order valence-electron chi connectivity index (χ1n) is 7.67. The van der Waals surface area contributed by atoms with E-state index in [1.807, 2.05) is 0 Å². The van der Waals surface area contributed by atoms with Crippen molar-refractivity contribution in [1.29, 1.82) is 0 Å². The average molecular weight is 375 g/mol. The summed E-state index contributed by atoms with van der Waals surface area (Å²) in [5.41, 5.74) is 1.42. The van der Waals surface area contributed by atoms with Crippen LogP contribution in [0.15, 0.2) is 53.4 Å². The van der Waals surface area contributed by atoms with Gasteiger partial charge in [0.05, 0.1) is 10.7 Å². The normalized spacial score (nSPS) is 10.2. The number of amides is 2. The fourth-order valence-corrected chi connectivity index (χ4v) is 2.82. The molecule has 2 amide bonds. The molecule has 0 heterocycles. The van der Waals surface area contributed by atoms with Crippen molar-refractivity contribution < 1.29 is 19.6 Å². The highest BCUT2D eigenvalue weighted by atomic mass is 32.2. The van der Waals surface area contributed by atoms with E-state index in [1.54, 1.807) is 36.4 Å². The van der Waals surface area contributed by atoms with Gasteiger partial charge in [-0.1, -0.05) is 12.1 Å². The number of carboxylic acid groups (broad SMARTS) is 1. The van der Waals surface area contributed by atoms with Crippen LogP contribution in [0.2, 0.25) is 0 Å². The minimum Gasteiger partial charge on any atom is -0.465 e. The van der Waals surface area contributed by atoms with Crippen LogP contribution in [0, 0.1) is 10.1 Å². The SMILES string of the molecule is O=C(O)Nc1ccc(SCC(=O)NCCc2ccc([N+](=O)[O-])cc2)cc1. The Balaban J connectivity index is 1.70. The minimum atomic E-state index is -1.13. The van der Waals surface area contributed by atoms with Gasteiger partial charge in [0.15, 0.2) is 0 Å². The summed E-state index contributed by atoms with van der Waals surface area (Å²) >= 11 is 1.35. The van der Waals surface area contributed by atoms with E-state index in [-0.39, 0.29) is 17.3 Å². The molecule has 0 fully saturated rings. The zero-order valence-electron chi connectivity index (χ0n) is 13.7. The number of hydrogen-bond donors (Lipinski definition) is 3. The first kappa shape index (κ1) is 19.3. The highest BCUT2D eigenvalue weighted by Gasteiger charge is 2.06. The van der Waals surface area contributed by atoms with Gasteiger partial charge in [-0.15, -0.1) is 11.8 Å². The van der Waals surface area contributed by atoms with Crippen molar-refractivity contribution in [2.45, 2.75) is 11.3 Å². The standard InChI is InChI=1S/C17H17N3O5S/c21-16(11-26-15-7-3-13(4-8-15)19-17(22)23)18-10-9-12-1-5-14(6-2-12)20(24)25/h1-8,19H,9-11H2,(H,18,21)(H,22,23). The predicted molar refractivity (Wildman–Crippen MR) is 98.6 cm³/mol. The second-order valence-electron chi connectivity index (χ2n) is 5.27. The topological polar surface area (TPSA) is 122 Å². The second-order valence-corrected chi connectivity index (χ2v) is 6.32. The molecule has 2 rings (SSSR count). The van der Waals surface area contributed by atoms with Crippen LogP contribution < -0.4 is 10.6 Å². The molecule has 0 spiro atoms. The van der Waals surface area contributed by atoms with Gasteiger partial charge >= 0.3 is 6.09 Å². The Morgan fingerprint density at radius 3 is 2.31 bits per heavy atom. The lowest BCUT2D eigenvalue weighted by molar-refractivity contribution is -0.384. The maximum atomic E-state index is 11.9. The predicted octanol–water partition coefficient (Wildman–Crippen LogP) is 3.14. The van der Waals surface area contributed by atoms with Crippen LogP contribution >= 0.6 is 11.8 Å². The molecule has 0 saturated carbocycles. The first-order valence-corrected chi connectivity index (χ1v) is 8.65. The monoisotopic (exact) mass is 375 g/mol. The number of carbonyl (C=O) groups is 2. The zero-order valence-corrected chi connectivity index (χ0v) is 14.5. The zero-order chi connectivity index (χ0) is 18.9. The average Bonchev–Trinajstić information content (AvgIpc) is 2.61. The quantitative estimate of drug-likeness (QED) is 0.370. The van der Waals surface area contributed by atoms with Crippen LogP contribution in [0.3, 0.4) is 0 Å². The molecule has 0 aliphatic rings. The lowest BCUT2D eigenvalue weighted by Crippen LogP contribution is -2.27. The summed E-state index contributed by atoms with van der Waals surface area (Å²) in [6.45, 7) is 0.443. The van der Waals surface area contributed by atoms with E-state index in [9.17, 15) is 19.7 Å². The van der Waals surface area contributed by atoms with E-state index in [2.05, 4.69) is 10.6 Å². The van der Waals surface area contributed by atoms with E-state index in [1.165, 1.54) is 23.9 Å². The summed E-state index contributed by atoms with van der Waals surface area (Å²) in [5, 5.41) is 24.2. The van der Waals surface area contributed by atoms with Gasteiger partial charge < -0.3 is 10.4 Å². The van der Waals surface area contributed by atoms with Crippen molar-refractivity contribution >= 4 is 35.1 Å². The molecule has 0 radical (unpaired) electrons. The van der Waals surface area contributed by atoms with Gasteiger partial charge in [0.1, 0.15) is 0 Å². The lowest BCUT2D eigenvalue weighted by Gasteiger charge is -2.06. The van der Waals surface area contributed by atoms with E-state index in [0.717, 1.165) is 10.5 Å². The molecule has 0 aliphatic heterocycles. The third-order valence-electron chi connectivity index (χ3n) is 3.36. The number of non-ortho nitro benzene ring substituents is 1. The molecule has 0 bridgehead atoms. The first-order chi connectivity index (χ1) is 12.4. The number of rotatable bonds is 8. The van der Waals surface area contributed by atoms with Gasteiger partial charge in [-0.3, -0.25) is 20.2 Å². The van der Waals surface area contributed by atoms with Gasteiger partial charge in [0.25, 0.3) is 5.69 Å². The smallest absolute Gasteiger partial charge is 0.409 e. The molecule has 0 unspecified atom stereocenters. The molecular formula is C17H17N3O5S. The van der Waals surface area contributed by atoms with Crippen LogP contribution in [0.4, 0.5) is 16.2 Å². The minimum absolute atomic E-state index is 0.0405. The summed E-state index contributed by atoms with van der Waals surface area (Å²) in [4.78, 5) is 33.4. The highest BCUT2D eigenvalue weighted by molar-refractivity contribution is 8.00. The van der Waals surface area contributed by atoms with Crippen molar-refractivity contribution in [1.82, 2.24) is 5.32 Å². The lowest BCUT2D eigenvalue weighted by atomic mass is 10.1. The molecule has 0 atom stereocenters. The summed E-state index contributed by atoms with van der Waals surface area (Å²) in [5.74, 6) is 0.121. The Bertz CT molecular complexity index is 778. The third-order valence-corrected chi connectivity index (χ3v) is 4.37. The Hall–Kier alpha value is -3.07. The van der Waals surface area contributed by atoms with Crippen molar-refractivity contribution in [2.75, 3.05) is 17.6 Å². The Kier molecular flexibility index (Phi) is 6.98. The molecule has 2 aromatic carbocycles. The van der Waals surface area contributed by atoms with Gasteiger partial charge in [-0.2, -0.15) is 0 Å². The highest BCUT2D eigenvalue weighted by Crippen LogP contribution is 2.20. The van der Waals surface area contributed by atoms with Crippen molar-refractivity contribution in [3.63, 3.8) is 0 Å². The molecule has 0 saturated heterocycles.